The molecule has 0 bridgehead atoms. The monoisotopic (exact) mass is 623 g/mol. The minimum Gasteiger partial charge on any atom is -0.493 e. The molecule has 0 radical (unpaired) electrons. The Kier molecular flexibility index (Phi) is 10.2. The Morgan fingerprint density at radius 2 is 1.24 bits per heavy atom. The number of unbranched alkanes of at least 4 members (excludes halogenated alkanes) is 2. The third-order valence-corrected chi connectivity index (χ3v) is 8.15. The van der Waals surface area contributed by atoms with Crippen LogP contribution in [-0.4, -0.2) is 50.3 Å². The largest absolute Gasteiger partial charge is 0.493 e. The van der Waals surface area contributed by atoms with E-state index in [0.717, 1.165) is 58.1 Å². The van der Waals surface area contributed by atoms with Crippen molar-refractivity contribution in [2.75, 3.05) is 13.2 Å². The summed E-state index contributed by atoms with van der Waals surface area (Å²) in [5.41, 5.74) is 3.08. The lowest BCUT2D eigenvalue weighted by molar-refractivity contribution is 0.0686. The summed E-state index contributed by atoms with van der Waals surface area (Å²) in [7, 11) is 0. The third kappa shape index (κ3) is 7.53. The molecule has 230 valence electrons. The van der Waals surface area contributed by atoms with Crippen LogP contribution in [0.3, 0.4) is 0 Å². The normalized spacial score (nSPS) is 10.9. The second-order valence-electron chi connectivity index (χ2n) is 10.3. The molecule has 0 fully saturated rings. The number of nitrogens with zero attached hydrogens (tertiary/aromatic N) is 3. The van der Waals surface area contributed by atoms with E-state index in [1.165, 1.54) is 30.5 Å². The van der Waals surface area contributed by atoms with Crippen molar-refractivity contribution in [2.45, 2.75) is 39.5 Å². The van der Waals surface area contributed by atoms with Gasteiger partial charge in [0.1, 0.15) is 11.5 Å². The summed E-state index contributed by atoms with van der Waals surface area (Å²) in [5.74, 6) is -0.703. The predicted octanol–water partition coefficient (Wildman–Crippen LogP) is 8.36. The van der Waals surface area contributed by atoms with Gasteiger partial charge in [-0.05, 0) is 79.1 Å². The summed E-state index contributed by atoms with van der Waals surface area (Å²) < 4.78 is 12.4. The van der Waals surface area contributed by atoms with Gasteiger partial charge >= 0.3 is 11.9 Å². The first kappa shape index (κ1) is 31.3. The van der Waals surface area contributed by atoms with Crippen LogP contribution in [0, 0.1) is 0 Å². The first-order chi connectivity index (χ1) is 21.9. The minimum absolute atomic E-state index is 0.0153. The second kappa shape index (κ2) is 14.6. The maximum absolute atomic E-state index is 12.0. The van der Waals surface area contributed by atoms with Gasteiger partial charge in [-0.3, -0.25) is 9.97 Å². The molecule has 4 aromatic heterocycles. The Hall–Kier alpha value is -5.09. The van der Waals surface area contributed by atoms with E-state index in [-0.39, 0.29) is 22.5 Å². The van der Waals surface area contributed by atoms with Crippen molar-refractivity contribution in [3.8, 4) is 55.2 Å². The molecule has 1 aromatic carbocycles. The summed E-state index contributed by atoms with van der Waals surface area (Å²) in [6.45, 7) is 5.50. The first-order valence-electron chi connectivity index (χ1n) is 14.8. The Labute approximate surface area is 265 Å². The van der Waals surface area contributed by atoms with Gasteiger partial charge in [0.25, 0.3) is 0 Å². The van der Waals surface area contributed by atoms with E-state index in [2.05, 4.69) is 34.9 Å². The molecule has 4 heterocycles. The molecule has 45 heavy (non-hydrogen) atoms. The van der Waals surface area contributed by atoms with Gasteiger partial charge in [-0.15, -0.1) is 11.3 Å². The average molecular weight is 624 g/mol. The molecule has 0 spiro atoms. The number of aromatic nitrogens is 3. The van der Waals surface area contributed by atoms with E-state index in [1.54, 1.807) is 17.5 Å². The van der Waals surface area contributed by atoms with Crippen molar-refractivity contribution < 1.29 is 29.3 Å². The average Bonchev–Trinajstić information content (AvgIpc) is 3.55. The molecule has 5 rings (SSSR count). The second-order valence-corrected chi connectivity index (χ2v) is 11.4. The van der Waals surface area contributed by atoms with Crippen molar-refractivity contribution in [2.24, 2.45) is 0 Å². The lowest BCUT2D eigenvalue weighted by Crippen LogP contribution is -2.02. The molecule has 0 aliphatic rings. The highest BCUT2D eigenvalue weighted by molar-refractivity contribution is 7.18. The maximum atomic E-state index is 12.0. The molecule has 9 nitrogen and oxygen atoms in total. The molecule has 0 atom stereocenters. The van der Waals surface area contributed by atoms with Crippen LogP contribution in [0.15, 0.2) is 79.1 Å². The van der Waals surface area contributed by atoms with E-state index < -0.39 is 11.9 Å². The van der Waals surface area contributed by atoms with Crippen LogP contribution in [0.1, 0.15) is 60.2 Å². The molecule has 0 amide bonds. The fraction of sp³-hybridized carbons (Fsp3) is 0.229. The number of ether oxygens (including phenoxy) is 2. The highest BCUT2D eigenvalue weighted by Gasteiger charge is 2.18. The quantitative estimate of drug-likeness (QED) is 0.117. The van der Waals surface area contributed by atoms with Gasteiger partial charge in [0.05, 0.1) is 52.7 Å². The van der Waals surface area contributed by atoms with E-state index in [9.17, 15) is 19.8 Å². The zero-order valence-electron chi connectivity index (χ0n) is 25.0. The SMILES string of the molecule is CCCCOc1cccc(OCCCC)c1-c1ccc(-c2ccnc(-c3cc(C(=O)O)cc(-c4cc(C(=O)O)ccn4)n3)c2)s1. The van der Waals surface area contributed by atoms with Crippen LogP contribution in [0.2, 0.25) is 0 Å². The number of carboxylic acids is 2. The predicted molar refractivity (Wildman–Crippen MR) is 174 cm³/mol. The van der Waals surface area contributed by atoms with E-state index in [1.807, 2.05) is 36.4 Å². The van der Waals surface area contributed by atoms with Crippen LogP contribution in [-0.2, 0) is 0 Å². The summed E-state index contributed by atoms with van der Waals surface area (Å²) in [6.07, 6.45) is 6.99. The Balaban J connectivity index is 1.52. The lowest BCUT2D eigenvalue weighted by Gasteiger charge is -2.15. The van der Waals surface area contributed by atoms with Crippen LogP contribution in [0.4, 0.5) is 0 Å². The molecular weight excluding hydrogens is 590 g/mol. The van der Waals surface area contributed by atoms with Gasteiger partial charge in [-0.1, -0.05) is 32.8 Å². The Morgan fingerprint density at radius 1 is 0.689 bits per heavy atom. The number of pyridine rings is 3. The zero-order valence-corrected chi connectivity index (χ0v) is 25.8. The maximum Gasteiger partial charge on any atom is 0.335 e. The number of aromatic carboxylic acids is 2. The van der Waals surface area contributed by atoms with Crippen LogP contribution in [0.5, 0.6) is 11.5 Å². The summed E-state index contributed by atoms with van der Waals surface area (Å²) in [4.78, 5) is 38.8. The fourth-order valence-electron chi connectivity index (χ4n) is 4.62. The van der Waals surface area contributed by atoms with Gasteiger partial charge in [0.15, 0.2) is 0 Å². The number of hydrogen-bond donors (Lipinski definition) is 2. The number of thiophene rings is 1. The highest BCUT2D eigenvalue weighted by Crippen LogP contribution is 2.44. The molecule has 0 aliphatic carbocycles. The van der Waals surface area contributed by atoms with Crippen molar-refractivity contribution in [3.63, 3.8) is 0 Å². The van der Waals surface area contributed by atoms with Crippen molar-refractivity contribution in [3.05, 3.63) is 90.3 Å². The molecule has 2 N–H and O–H groups in total. The van der Waals surface area contributed by atoms with Gasteiger partial charge in [-0.2, -0.15) is 0 Å². The standard InChI is InChI=1S/C35H33N3O6S/c1-3-5-16-43-29-8-7-9-30(44-17-6-4-2)33(29)32-11-10-31(45-32)22-12-14-36-25(18-22)27-20-24(35(41)42)21-28(38-27)26-19-23(34(39)40)13-15-37-26/h7-15,18-21H,3-6,16-17H2,1-2H3,(H,39,40)(H,41,42). The smallest absolute Gasteiger partial charge is 0.335 e. The van der Waals surface area contributed by atoms with Gasteiger partial charge < -0.3 is 19.7 Å². The zero-order chi connectivity index (χ0) is 31.8. The third-order valence-electron chi connectivity index (χ3n) is 7.00. The fourth-order valence-corrected chi connectivity index (χ4v) is 5.68. The molecule has 0 aliphatic heterocycles. The molecule has 5 aromatic rings. The Bertz CT molecular complexity index is 1790. The summed E-state index contributed by atoms with van der Waals surface area (Å²) >= 11 is 1.59. The number of benzene rings is 1. The molecule has 10 heteroatoms. The highest BCUT2D eigenvalue weighted by atomic mass is 32.1. The van der Waals surface area contributed by atoms with E-state index in [0.29, 0.717) is 24.6 Å². The lowest BCUT2D eigenvalue weighted by atomic mass is 10.1. The van der Waals surface area contributed by atoms with Crippen LogP contribution >= 0.6 is 11.3 Å². The first-order valence-corrected chi connectivity index (χ1v) is 15.6. The van der Waals surface area contributed by atoms with Crippen molar-refractivity contribution >= 4 is 23.3 Å². The molecule has 0 saturated heterocycles. The van der Waals surface area contributed by atoms with Crippen LogP contribution < -0.4 is 9.47 Å². The summed E-state index contributed by atoms with van der Waals surface area (Å²) in [5, 5.41) is 19.2. The number of carboxylic acid groups (broad SMARTS) is 2. The van der Waals surface area contributed by atoms with Gasteiger partial charge in [0, 0.05) is 22.1 Å². The number of carbonyl (C=O) groups is 2. The van der Waals surface area contributed by atoms with E-state index in [4.69, 9.17) is 9.47 Å². The Morgan fingerprint density at radius 3 is 1.84 bits per heavy atom. The topological polar surface area (TPSA) is 132 Å². The van der Waals surface area contributed by atoms with Gasteiger partial charge in [-0.25, -0.2) is 14.6 Å². The summed E-state index contributed by atoms with van der Waals surface area (Å²) in [6, 6.07) is 19.3. The van der Waals surface area contributed by atoms with Crippen molar-refractivity contribution in [1.82, 2.24) is 15.0 Å². The number of hydrogen-bond acceptors (Lipinski definition) is 8. The molecule has 0 unspecified atom stereocenters. The molecular formula is C35H33N3O6S. The van der Waals surface area contributed by atoms with Crippen LogP contribution in [0.25, 0.3) is 43.7 Å². The minimum atomic E-state index is -1.15. The van der Waals surface area contributed by atoms with E-state index >= 15 is 0 Å². The number of rotatable bonds is 14. The molecule has 0 saturated carbocycles. The van der Waals surface area contributed by atoms with Crippen molar-refractivity contribution in [1.29, 1.82) is 0 Å². The van der Waals surface area contributed by atoms with Gasteiger partial charge in [0.2, 0.25) is 0 Å².